The van der Waals surface area contributed by atoms with Gasteiger partial charge in [-0.2, -0.15) is 0 Å². The highest BCUT2D eigenvalue weighted by molar-refractivity contribution is 5.91. The highest BCUT2D eigenvalue weighted by Gasteiger charge is 2.17. The van der Waals surface area contributed by atoms with Crippen LogP contribution in [0.3, 0.4) is 0 Å². The standard InChI is InChI=1S/C42H68O4/c1-5-8-10-12-14-16-18-20-22-26-35-44-36(4)37-31-33-38(34-32-37)42(43)46-41-30-25-24-29-40(41)45-39(27-7-3)28-23-21-19-17-15-13-11-9-6-2/h24-25,29-34,36,39H,5-23,26-28,35H2,1-4H3. The summed E-state index contributed by atoms with van der Waals surface area (Å²) < 4.78 is 18.4. The monoisotopic (exact) mass is 637 g/mol. The highest BCUT2D eigenvalue weighted by Crippen LogP contribution is 2.30. The summed E-state index contributed by atoms with van der Waals surface area (Å²) in [5.41, 5.74) is 1.60. The zero-order valence-electron chi connectivity index (χ0n) is 30.2. The van der Waals surface area contributed by atoms with Crippen LogP contribution in [0.1, 0.15) is 191 Å². The molecule has 4 nitrogen and oxygen atoms in total. The van der Waals surface area contributed by atoms with E-state index in [0.29, 0.717) is 17.1 Å². The summed E-state index contributed by atoms with van der Waals surface area (Å²) in [6, 6.07) is 15.2. The molecule has 0 amide bonds. The first-order chi connectivity index (χ1) is 22.6. The fourth-order valence-electron chi connectivity index (χ4n) is 6.07. The minimum atomic E-state index is -0.368. The van der Waals surface area contributed by atoms with Gasteiger partial charge in [0.15, 0.2) is 11.5 Å². The number of benzene rings is 2. The number of esters is 1. The van der Waals surface area contributed by atoms with Gasteiger partial charge in [0.05, 0.1) is 17.8 Å². The molecule has 0 spiro atoms. The molecule has 2 aromatic rings. The molecule has 0 aromatic heterocycles. The number of para-hydroxylation sites is 2. The van der Waals surface area contributed by atoms with Gasteiger partial charge in [-0.3, -0.25) is 0 Å². The second-order valence-corrected chi connectivity index (χ2v) is 13.3. The summed E-state index contributed by atoms with van der Waals surface area (Å²) in [4.78, 5) is 13.1. The van der Waals surface area contributed by atoms with Crippen LogP contribution >= 0.6 is 0 Å². The fraction of sp³-hybridized carbons (Fsp3) is 0.690. The molecule has 46 heavy (non-hydrogen) atoms. The Hall–Kier alpha value is -2.33. The van der Waals surface area contributed by atoms with Crippen molar-refractivity contribution < 1.29 is 19.0 Å². The predicted molar refractivity (Wildman–Crippen MR) is 195 cm³/mol. The molecule has 0 fully saturated rings. The van der Waals surface area contributed by atoms with E-state index in [2.05, 4.69) is 27.7 Å². The topological polar surface area (TPSA) is 44.8 Å². The summed E-state index contributed by atoms with van der Waals surface area (Å²) in [6.07, 6.45) is 28.3. The van der Waals surface area contributed by atoms with Crippen LogP contribution in [-0.2, 0) is 4.74 Å². The van der Waals surface area contributed by atoms with Gasteiger partial charge >= 0.3 is 5.97 Å². The molecule has 0 heterocycles. The summed E-state index contributed by atoms with van der Waals surface area (Å²) >= 11 is 0. The van der Waals surface area contributed by atoms with Crippen molar-refractivity contribution in [2.24, 2.45) is 0 Å². The third kappa shape index (κ3) is 18.1. The van der Waals surface area contributed by atoms with Gasteiger partial charge in [0, 0.05) is 6.61 Å². The van der Waals surface area contributed by atoms with Crippen molar-refractivity contribution in [2.45, 2.75) is 181 Å². The Morgan fingerprint density at radius 1 is 0.565 bits per heavy atom. The average Bonchev–Trinajstić information content (AvgIpc) is 3.07. The first kappa shape index (κ1) is 39.8. The van der Waals surface area contributed by atoms with Crippen molar-refractivity contribution in [2.75, 3.05) is 6.61 Å². The largest absolute Gasteiger partial charge is 0.487 e. The number of carbonyl (C=O) groups is 1. The van der Waals surface area contributed by atoms with E-state index in [4.69, 9.17) is 14.2 Å². The zero-order chi connectivity index (χ0) is 33.1. The Morgan fingerprint density at radius 2 is 1.07 bits per heavy atom. The number of carbonyl (C=O) groups excluding carboxylic acids is 1. The molecular weight excluding hydrogens is 568 g/mol. The van der Waals surface area contributed by atoms with Crippen LogP contribution in [0.25, 0.3) is 0 Å². The molecule has 0 saturated carbocycles. The second-order valence-electron chi connectivity index (χ2n) is 13.3. The van der Waals surface area contributed by atoms with Gasteiger partial charge in [0.25, 0.3) is 0 Å². The molecule has 0 saturated heterocycles. The summed E-state index contributed by atoms with van der Waals surface area (Å²) in [5.74, 6) is 0.765. The van der Waals surface area contributed by atoms with Crippen LogP contribution in [0.15, 0.2) is 48.5 Å². The first-order valence-electron chi connectivity index (χ1n) is 19.3. The predicted octanol–water partition coefficient (Wildman–Crippen LogP) is 13.4. The summed E-state index contributed by atoms with van der Waals surface area (Å²) in [5, 5.41) is 0. The molecule has 0 aliphatic heterocycles. The molecule has 0 radical (unpaired) electrons. The van der Waals surface area contributed by atoms with Crippen molar-refractivity contribution in [3.05, 3.63) is 59.7 Å². The van der Waals surface area contributed by atoms with Crippen LogP contribution in [0.2, 0.25) is 0 Å². The van der Waals surface area contributed by atoms with Crippen LogP contribution < -0.4 is 9.47 Å². The van der Waals surface area contributed by atoms with Gasteiger partial charge < -0.3 is 14.2 Å². The molecule has 2 atom stereocenters. The van der Waals surface area contributed by atoms with Crippen LogP contribution in [0.5, 0.6) is 11.5 Å². The van der Waals surface area contributed by atoms with E-state index in [1.54, 1.807) is 0 Å². The highest BCUT2D eigenvalue weighted by atomic mass is 16.6. The van der Waals surface area contributed by atoms with Crippen LogP contribution in [-0.4, -0.2) is 18.7 Å². The van der Waals surface area contributed by atoms with Crippen molar-refractivity contribution in [1.82, 2.24) is 0 Å². The van der Waals surface area contributed by atoms with Gasteiger partial charge in [0.1, 0.15) is 0 Å². The van der Waals surface area contributed by atoms with Crippen molar-refractivity contribution in [3.63, 3.8) is 0 Å². The zero-order valence-corrected chi connectivity index (χ0v) is 30.2. The van der Waals surface area contributed by atoms with Crippen LogP contribution in [0, 0.1) is 0 Å². The second kappa shape index (κ2) is 26.7. The Bertz CT molecular complexity index is 1000. The van der Waals surface area contributed by atoms with E-state index in [1.165, 1.54) is 116 Å². The van der Waals surface area contributed by atoms with E-state index < -0.39 is 0 Å². The van der Waals surface area contributed by atoms with Crippen molar-refractivity contribution >= 4 is 5.97 Å². The quantitative estimate of drug-likeness (QED) is 0.0506. The Balaban J connectivity index is 1.73. The molecule has 0 aliphatic rings. The first-order valence-corrected chi connectivity index (χ1v) is 19.3. The van der Waals surface area contributed by atoms with Gasteiger partial charge in [-0.15, -0.1) is 0 Å². The third-order valence-electron chi connectivity index (χ3n) is 9.07. The maximum Gasteiger partial charge on any atom is 0.343 e. The molecule has 260 valence electrons. The Kier molecular flexibility index (Phi) is 23.1. The number of unbranched alkanes of at least 4 members (excludes halogenated alkanes) is 17. The van der Waals surface area contributed by atoms with Gasteiger partial charge in [-0.1, -0.05) is 161 Å². The van der Waals surface area contributed by atoms with E-state index in [0.717, 1.165) is 37.9 Å². The maximum absolute atomic E-state index is 13.1. The lowest BCUT2D eigenvalue weighted by Gasteiger charge is -2.20. The van der Waals surface area contributed by atoms with E-state index in [9.17, 15) is 4.79 Å². The molecule has 0 N–H and O–H groups in total. The molecule has 0 bridgehead atoms. The molecular formula is C42H68O4. The van der Waals surface area contributed by atoms with E-state index in [-0.39, 0.29) is 18.2 Å². The molecule has 2 rings (SSSR count). The SMILES string of the molecule is CCCCCCCCCCCCOC(C)c1ccc(C(=O)Oc2ccccc2OC(CCC)CCCCCCCCCCC)cc1. The molecule has 2 unspecified atom stereocenters. The number of hydrogen-bond donors (Lipinski definition) is 0. The molecule has 2 aromatic carbocycles. The number of rotatable bonds is 29. The molecule has 4 heteroatoms. The Labute approximate surface area is 283 Å². The lowest BCUT2D eigenvalue weighted by molar-refractivity contribution is 0.0625. The number of hydrogen-bond acceptors (Lipinski definition) is 4. The maximum atomic E-state index is 13.1. The smallest absolute Gasteiger partial charge is 0.343 e. The van der Waals surface area contributed by atoms with Gasteiger partial charge in [-0.05, 0) is 62.4 Å². The summed E-state index contributed by atoms with van der Waals surface area (Å²) in [6.45, 7) is 9.60. The number of ether oxygens (including phenoxy) is 3. The fourth-order valence-corrected chi connectivity index (χ4v) is 6.07. The van der Waals surface area contributed by atoms with Crippen LogP contribution in [0.4, 0.5) is 0 Å². The average molecular weight is 637 g/mol. The minimum Gasteiger partial charge on any atom is -0.487 e. The van der Waals surface area contributed by atoms with E-state index in [1.807, 2.05) is 48.5 Å². The van der Waals surface area contributed by atoms with Gasteiger partial charge in [-0.25, -0.2) is 4.79 Å². The van der Waals surface area contributed by atoms with Crippen molar-refractivity contribution in [3.8, 4) is 11.5 Å². The van der Waals surface area contributed by atoms with E-state index >= 15 is 0 Å². The van der Waals surface area contributed by atoms with Gasteiger partial charge in [0.2, 0.25) is 0 Å². The molecule has 0 aliphatic carbocycles. The normalized spacial score (nSPS) is 12.6. The lowest BCUT2D eigenvalue weighted by atomic mass is 10.0. The lowest BCUT2D eigenvalue weighted by Crippen LogP contribution is -2.17. The van der Waals surface area contributed by atoms with Crippen molar-refractivity contribution in [1.29, 1.82) is 0 Å². The minimum absolute atomic E-state index is 0.000874. The Morgan fingerprint density at radius 3 is 1.61 bits per heavy atom. The third-order valence-corrected chi connectivity index (χ3v) is 9.07. The summed E-state index contributed by atoms with van der Waals surface area (Å²) in [7, 11) is 0.